The van der Waals surface area contributed by atoms with Crippen molar-refractivity contribution < 1.29 is 4.79 Å². The van der Waals surface area contributed by atoms with Crippen LogP contribution in [0, 0.1) is 6.92 Å². The fourth-order valence-electron chi connectivity index (χ4n) is 2.05. The molecule has 0 fully saturated rings. The molecule has 0 spiro atoms. The van der Waals surface area contributed by atoms with E-state index in [1.807, 2.05) is 37.3 Å². The zero-order valence-electron chi connectivity index (χ0n) is 10.8. The maximum absolute atomic E-state index is 11.5. The Hall–Kier alpha value is -1.78. The highest BCUT2D eigenvalue weighted by Gasteiger charge is 2.12. The van der Waals surface area contributed by atoms with Crippen molar-refractivity contribution in [1.29, 1.82) is 0 Å². The number of thiazole rings is 1. The van der Waals surface area contributed by atoms with Gasteiger partial charge in [0, 0.05) is 10.8 Å². The highest BCUT2D eigenvalue weighted by atomic mass is 35.5. The first-order chi connectivity index (χ1) is 9.69. The van der Waals surface area contributed by atoms with Crippen molar-refractivity contribution in [3.63, 3.8) is 0 Å². The first-order valence-electron chi connectivity index (χ1n) is 6.10. The van der Waals surface area contributed by atoms with Gasteiger partial charge in [-0.05, 0) is 24.6 Å². The molecule has 0 unspecified atom stereocenters. The van der Waals surface area contributed by atoms with Gasteiger partial charge in [0.05, 0.1) is 17.1 Å². The summed E-state index contributed by atoms with van der Waals surface area (Å²) in [6.07, 6.45) is 0. The van der Waals surface area contributed by atoms with Gasteiger partial charge in [-0.15, -0.1) is 22.9 Å². The molecule has 100 valence electrons. The molecule has 0 saturated heterocycles. The van der Waals surface area contributed by atoms with Crippen LogP contribution in [-0.4, -0.2) is 21.6 Å². The first kappa shape index (κ1) is 13.2. The lowest BCUT2D eigenvalue weighted by atomic mass is 10.1. The second kappa shape index (κ2) is 5.31. The molecule has 5 heteroatoms. The summed E-state index contributed by atoms with van der Waals surface area (Å²) in [5.41, 5.74) is 3.28. The lowest BCUT2D eigenvalue weighted by molar-refractivity contribution is 0.101. The molecule has 3 aromatic rings. The molecule has 3 nitrogen and oxygen atoms in total. The van der Waals surface area contributed by atoms with E-state index in [1.54, 1.807) is 5.38 Å². The van der Waals surface area contributed by atoms with E-state index >= 15 is 0 Å². The number of pyridine rings is 1. The number of alkyl halides is 1. The van der Waals surface area contributed by atoms with Crippen LogP contribution in [0.3, 0.4) is 0 Å². The highest BCUT2D eigenvalue weighted by Crippen LogP contribution is 2.26. The molecule has 0 amide bonds. The van der Waals surface area contributed by atoms with Gasteiger partial charge in [0.15, 0.2) is 5.78 Å². The summed E-state index contributed by atoms with van der Waals surface area (Å²) in [6, 6.07) is 9.98. The van der Waals surface area contributed by atoms with Gasteiger partial charge in [-0.3, -0.25) is 4.79 Å². The van der Waals surface area contributed by atoms with Crippen LogP contribution < -0.4 is 0 Å². The number of aryl methyl sites for hydroxylation is 1. The molecule has 1 aromatic carbocycles. The molecule has 0 aliphatic carbocycles. The van der Waals surface area contributed by atoms with E-state index in [4.69, 9.17) is 11.6 Å². The van der Waals surface area contributed by atoms with Crippen molar-refractivity contribution in [1.82, 2.24) is 9.97 Å². The number of carbonyl (C=O) groups is 1. The molecule has 20 heavy (non-hydrogen) atoms. The second-order valence-electron chi connectivity index (χ2n) is 4.44. The summed E-state index contributed by atoms with van der Waals surface area (Å²) >= 11 is 6.96. The van der Waals surface area contributed by atoms with E-state index < -0.39 is 0 Å². The third kappa shape index (κ3) is 2.32. The van der Waals surface area contributed by atoms with Crippen molar-refractivity contribution >= 4 is 39.6 Å². The molecule has 3 rings (SSSR count). The zero-order chi connectivity index (χ0) is 14.1. The molecule has 0 aliphatic rings. The number of aromatic nitrogens is 2. The van der Waals surface area contributed by atoms with Gasteiger partial charge < -0.3 is 0 Å². The molecule has 0 bridgehead atoms. The van der Waals surface area contributed by atoms with Crippen LogP contribution in [-0.2, 0) is 0 Å². The summed E-state index contributed by atoms with van der Waals surface area (Å²) < 4.78 is 0. The van der Waals surface area contributed by atoms with E-state index in [2.05, 4.69) is 9.97 Å². The lowest BCUT2D eigenvalue weighted by Crippen LogP contribution is -2.00. The molecule has 0 saturated carbocycles. The predicted molar refractivity (Wildman–Crippen MR) is 82.6 cm³/mol. The molecule has 2 aromatic heterocycles. The van der Waals surface area contributed by atoms with E-state index in [0.717, 1.165) is 27.2 Å². The summed E-state index contributed by atoms with van der Waals surface area (Å²) in [4.78, 5) is 20.5. The van der Waals surface area contributed by atoms with Gasteiger partial charge in [-0.25, -0.2) is 9.97 Å². The number of nitrogens with zero attached hydrogens (tertiary/aromatic N) is 2. The summed E-state index contributed by atoms with van der Waals surface area (Å²) in [6.45, 7) is 2.05. The van der Waals surface area contributed by atoms with Crippen LogP contribution >= 0.6 is 22.9 Å². The Kier molecular flexibility index (Phi) is 3.51. The number of Topliss-reactive ketones (excluding diaryl/α,β-unsaturated/α-hetero) is 1. The summed E-state index contributed by atoms with van der Waals surface area (Å²) in [7, 11) is 0. The van der Waals surface area contributed by atoms with Crippen molar-refractivity contribution in [3.05, 3.63) is 47.0 Å². The van der Waals surface area contributed by atoms with Crippen LogP contribution in [0.1, 0.15) is 16.1 Å². The van der Waals surface area contributed by atoms with Crippen molar-refractivity contribution in [2.24, 2.45) is 0 Å². The SMILES string of the molecule is Cc1cc(-c2nc(C(=O)CCl)cs2)nc2ccccc12. The molecule has 2 heterocycles. The molecule has 0 atom stereocenters. The summed E-state index contributed by atoms with van der Waals surface area (Å²) in [5, 5.41) is 3.60. The van der Waals surface area contributed by atoms with Gasteiger partial charge in [-0.1, -0.05) is 18.2 Å². The van der Waals surface area contributed by atoms with E-state index in [0.29, 0.717) is 5.69 Å². The number of fused-ring (bicyclic) bond motifs is 1. The fourth-order valence-corrected chi connectivity index (χ4v) is 2.97. The Balaban J connectivity index is 2.10. The minimum Gasteiger partial charge on any atom is -0.291 e. The van der Waals surface area contributed by atoms with Crippen LogP contribution in [0.5, 0.6) is 0 Å². The molecule has 0 aliphatic heterocycles. The lowest BCUT2D eigenvalue weighted by Gasteiger charge is -2.04. The highest BCUT2D eigenvalue weighted by molar-refractivity contribution is 7.13. The van der Waals surface area contributed by atoms with Crippen molar-refractivity contribution in [2.75, 3.05) is 5.88 Å². The van der Waals surface area contributed by atoms with Gasteiger partial charge in [0.1, 0.15) is 10.7 Å². The Bertz CT molecular complexity index is 797. The van der Waals surface area contributed by atoms with Gasteiger partial charge in [0.2, 0.25) is 0 Å². The quantitative estimate of drug-likeness (QED) is 0.540. The number of hydrogen-bond donors (Lipinski definition) is 0. The topological polar surface area (TPSA) is 42.9 Å². The normalized spacial score (nSPS) is 10.9. The number of rotatable bonds is 3. The van der Waals surface area contributed by atoms with Crippen molar-refractivity contribution in [2.45, 2.75) is 6.92 Å². The van der Waals surface area contributed by atoms with Crippen LogP contribution in [0.4, 0.5) is 0 Å². The average Bonchev–Trinajstić information content (AvgIpc) is 2.96. The van der Waals surface area contributed by atoms with Crippen molar-refractivity contribution in [3.8, 4) is 10.7 Å². The smallest absolute Gasteiger partial charge is 0.196 e. The Morgan fingerprint density at radius 3 is 2.90 bits per heavy atom. The van der Waals surface area contributed by atoms with Crippen LogP contribution in [0.25, 0.3) is 21.6 Å². The predicted octanol–water partition coefficient (Wildman–Crippen LogP) is 4.09. The fraction of sp³-hybridized carbons (Fsp3) is 0.133. The van der Waals surface area contributed by atoms with Gasteiger partial charge in [-0.2, -0.15) is 0 Å². The van der Waals surface area contributed by atoms with E-state index in [-0.39, 0.29) is 11.7 Å². The van der Waals surface area contributed by atoms with E-state index in [9.17, 15) is 4.79 Å². The number of carbonyl (C=O) groups excluding carboxylic acids is 1. The van der Waals surface area contributed by atoms with Gasteiger partial charge in [0.25, 0.3) is 0 Å². The molecule has 0 radical (unpaired) electrons. The molecular formula is C15H11ClN2OS. The largest absolute Gasteiger partial charge is 0.291 e. The van der Waals surface area contributed by atoms with Gasteiger partial charge >= 0.3 is 0 Å². The number of hydrogen-bond acceptors (Lipinski definition) is 4. The maximum atomic E-state index is 11.5. The Labute approximate surface area is 125 Å². The van der Waals surface area contributed by atoms with Crippen LogP contribution in [0.15, 0.2) is 35.7 Å². The van der Waals surface area contributed by atoms with E-state index in [1.165, 1.54) is 11.3 Å². The minimum absolute atomic E-state index is 0.0483. The number of para-hydroxylation sites is 1. The number of halogens is 1. The third-order valence-electron chi connectivity index (χ3n) is 3.05. The maximum Gasteiger partial charge on any atom is 0.196 e. The Morgan fingerprint density at radius 2 is 2.10 bits per heavy atom. The minimum atomic E-state index is -0.160. The third-order valence-corrected chi connectivity index (χ3v) is 4.16. The van der Waals surface area contributed by atoms with Crippen LogP contribution in [0.2, 0.25) is 0 Å². The Morgan fingerprint density at radius 1 is 1.30 bits per heavy atom. The zero-order valence-corrected chi connectivity index (χ0v) is 12.3. The average molecular weight is 303 g/mol. The summed E-state index contributed by atoms with van der Waals surface area (Å²) in [5.74, 6) is -0.209. The second-order valence-corrected chi connectivity index (χ2v) is 5.56. The first-order valence-corrected chi connectivity index (χ1v) is 7.52. The standard InChI is InChI=1S/C15H11ClN2OS/c1-9-6-12(17-11-5-3-2-4-10(9)11)15-18-13(8-20-15)14(19)7-16/h2-6,8H,7H2,1H3. The molecular weight excluding hydrogens is 292 g/mol. The molecule has 0 N–H and O–H groups in total. The monoisotopic (exact) mass is 302 g/mol. The number of benzene rings is 1. The number of ketones is 1.